The van der Waals surface area contributed by atoms with E-state index in [-0.39, 0.29) is 17.8 Å². The van der Waals surface area contributed by atoms with Gasteiger partial charge in [0.1, 0.15) is 5.69 Å². The number of nitro benzene ring substituents is 1. The zero-order valence-corrected chi connectivity index (χ0v) is 12.6. The summed E-state index contributed by atoms with van der Waals surface area (Å²) in [7, 11) is 0. The van der Waals surface area contributed by atoms with Gasteiger partial charge in [-0.25, -0.2) is 4.90 Å². The first-order valence-corrected chi connectivity index (χ1v) is 7.17. The molecular weight excluding hydrogens is 328 g/mol. The normalized spacial score (nSPS) is 18.8. The number of imide groups is 1. The van der Waals surface area contributed by atoms with Crippen LogP contribution in [0, 0.1) is 29.9 Å². The Labute approximate surface area is 124 Å². The minimum atomic E-state index is -0.566. The number of amides is 2. The van der Waals surface area contributed by atoms with Crippen molar-refractivity contribution in [2.45, 2.75) is 20.3 Å². The number of aryl methyl sites for hydroxylation is 2. The van der Waals surface area contributed by atoms with Crippen LogP contribution in [0.3, 0.4) is 0 Å². The fraction of sp³-hybridized carbons (Fsp3) is 0.385. The minimum absolute atomic E-state index is 0.0663. The van der Waals surface area contributed by atoms with Crippen molar-refractivity contribution in [2.24, 2.45) is 5.92 Å². The molecule has 0 aromatic heterocycles. The topological polar surface area (TPSA) is 80.5 Å². The van der Waals surface area contributed by atoms with Gasteiger partial charge in [0.25, 0.3) is 5.69 Å². The van der Waals surface area contributed by atoms with E-state index in [0.29, 0.717) is 5.33 Å². The summed E-state index contributed by atoms with van der Waals surface area (Å²) < 4.78 is 0. The molecule has 1 aromatic carbocycles. The summed E-state index contributed by atoms with van der Waals surface area (Å²) in [5, 5.41) is 11.5. The van der Waals surface area contributed by atoms with Gasteiger partial charge in [0.2, 0.25) is 11.8 Å². The van der Waals surface area contributed by atoms with Gasteiger partial charge in [-0.15, -0.1) is 0 Å². The van der Waals surface area contributed by atoms with Crippen molar-refractivity contribution in [1.29, 1.82) is 0 Å². The van der Waals surface area contributed by atoms with Gasteiger partial charge in [-0.1, -0.05) is 15.9 Å². The summed E-state index contributed by atoms with van der Waals surface area (Å²) in [4.78, 5) is 35.7. The molecule has 1 fully saturated rings. The van der Waals surface area contributed by atoms with Crippen LogP contribution in [0.1, 0.15) is 17.5 Å². The maximum atomic E-state index is 12.2. The molecule has 2 rings (SSSR count). The fourth-order valence-corrected chi connectivity index (χ4v) is 2.69. The molecule has 1 unspecified atom stereocenters. The summed E-state index contributed by atoms with van der Waals surface area (Å²) in [6, 6.07) is 2.92. The molecule has 0 saturated carbocycles. The van der Waals surface area contributed by atoms with E-state index in [2.05, 4.69) is 15.9 Å². The second-order valence-electron chi connectivity index (χ2n) is 4.81. The summed E-state index contributed by atoms with van der Waals surface area (Å²) in [6.07, 6.45) is 0.0775. The van der Waals surface area contributed by atoms with Crippen LogP contribution in [0.2, 0.25) is 0 Å². The summed E-state index contributed by atoms with van der Waals surface area (Å²) in [5.74, 6) is -1.24. The lowest BCUT2D eigenvalue weighted by atomic mass is 10.1. The Kier molecular flexibility index (Phi) is 3.89. The van der Waals surface area contributed by atoms with Crippen LogP contribution in [0.25, 0.3) is 0 Å². The molecule has 1 saturated heterocycles. The van der Waals surface area contributed by atoms with Crippen LogP contribution in [0.4, 0.5) is 11.4 Å². The number of rotatable bonds is 3. The van der Waals surface area contributed by atoms with Crippen LogP contribution in [-0.4, -0.2) is 22.1 Å². The van der Waals surface area contributed by atoms with E-state index in [1.54, 1.807) is 13.8 Å². The van der Waals surface area contributed by atoms with E-state index in [1.165, 1.54) is 12.1 Å². The van der Waals surface area contributed by atoms with E-state index >= 15 is 0 Å². The Hall–Kier alpha value is -1.76. The van der Waals surface area contributed by atoms with E-state index in [4.69, 9.17) is 0 Å². The minimum Gasteiger partial charge on any atom is -0.274 e. The number of carbonyl (C=O) groups excluding carboxylic acids is 2. The first-order valence-electron chi connectivity index (χ1n) is 6.05. The molecule has 7 heteroatoms. The van der Waals surface area contributed by atoms with Crippen LogP contribution >= 0.6 is 15.9 Å². The van der Waals surface area contributed by atoms with Crippen LogP contribution in [0.5, 0.6) is 0 Å². The maximum Gasteiger partial charge on any atom is 0.293 e. The Balaban J connectivity index is 2.57. The third-order valence-electron chi connectivity index (χ3n) is 3.45. The highest BCUT2D eigenvalue weighted by Crippen LogP contribution is 2.36. The smallest absolute Gasteiger partial charge is 0.274 e. The van der Waals surface area contributed by atoms with E-state index in [9.17, 15) is 19.7 Å². The average molecular weight is 341 g/mol. The molecule has 1 heterocycles. The average Bonchev–Trinajstić information content (AvgIpc) is 2.67. The number of hydrogen-bond donors (Lipinski definition) is 0. The number of nitrogens with zero attached hydrogens (tertiary/aromatic N) is 2. The number of anilines is 1. The predicted octanol–water partition coefficient (Wildman–Crippen LogP) is 2.49. The standard InChI is InChI=1S/C13H13BrN2O4/c1-7-3-10(11(16(19)20)4-8(7)2)15-12(17)5-9(6-14)13(15)18/h3-4,9H,5-6H2,1-2H3. The van der Waals surface area contributed by atoms with Crippen molar-refractivity contribution in [3.63, 3.8) is 0 Å². The third-order valence-corrected chi connectivity index (χ3v) is 4.24. The first kappa shape index (κ1) is 14.6. The van der Waals surface area contributed by atoms with Crippen molar-refractivity contribution in [3.05, 3.63) is 33.4 Å². The van der Waals surface area contributed by atoms with Gasteiger partial charge in [-0.3, -0.25) is 19.7 Å². The number of nitro groups is 1. The first-order chi connectivity index (χ1) is 9.36. The largest absolute Gasteiger partial charge is 0.293 e. The van der Waals surface area contributed by atoms with Gasteiger partial charge in [-0.05, 0) is 31.0 Å². The van der Waals surface area contributed by atoms with Crippen LogP contribution < -0.4 is 4.90 Å². The zero-order valence-electron chi connectivity index (χ0n) is 11.1. The number of halogens is 1. The molecule has 0 radical (unpaired) electrons. The number of alkyl halides is 1. The summed E-state index contributed by atoms with van der Waals surface area (Å²) in [5.41, 5.74) is 1.40. The third kappa shape index (κ3) is 2.33. The number of benzene rings is 1. The highest BCUT2D eigenvalue weighted by Gasteiger charge is 2.41. The fourth-order valence-electron chi connectivity index (χ4n) is 2.18. The van der Waals surface area contributed by atoms with Gasteiger partial charge in [0.05, 0.1) is 10.8 Å². The quantitative estimate of drug-likeness (QED) is 0.366. The van der Waals surface area contributed by atoms with Gasteiger partial charge in [0.15, 0.2) is 0 Å². The highest BCUT2D eigenvalue weighted by atomic mass is 79.9. The van der Waals surface area contributed by atoms with Crippen molar-refractivity contribution in [1.82, 2.24) is 0 Å². The molecule has 0 N–H and O–H groups in total. The Morgan fingerprint density at radius 2 is 1.95 bits per heavy atom. The van der Waals surface area contributed by atoms with Crippen molar-refractivity contribution < 1.29 is 14.5 Å². The molecule has 0 aliphatic carbocycles. The van der Waals surface area contributed by atoms with Crippen LogP contribution in [0.15, 0.2) is 12.1 Å². The van der Waals surface area contributed by atoms with Gasteiger partial charge in [-0.2, -0.15) is 0 Å². The monoisotopic (exact) mass is 340 g/mol. The molecule has 20 heavy (non-hydrogen) atoms. The molecule has 0 spiro atoms. The Morgan fingerprint density at radius 3 is 2.45 bits per heavy atom. The molecule has 1 atom stereocenters. The summed E-state index contributed by atoms with van der Waals surface area (Å²) in [6.45, 7) is 3.54. The molecule has 1 aliphatic heterocycles. The van der Waals surface area contributed by atoms with E-state index in [0.717, 1.165) is 16.0 Å². The number of hydrogen-bond acceptors (Lipinski definition) is 4. The molecule has 2 amide bonds. The Bertz CT molecular complexity index is 615. The van der Waals surface area contributed by atoms with E-state index < -0.39 is 22.7 Å². The lowest BCUT2D eigenvalue weighted by Gasteiger charge is -2.16. The highest BCUT2D eigenvalue weighted by molar-refractivity contribution is 9.09. The lowest BCUT2D eigenvalue weighted by Crippen LogP contribution is -2.31. The zero-order chi connectivity index (χ0) is 15.0. The molecule has 6 nitrogen and oxygen atoms in total. The SMILES string of the molecule is Cc1cc(N2C(=O)CC(CBr)C2=O)c([N+](=O)[O-])cc1C. The number of carbonyl (C=O) groups is 2. The van der Waals surface area contributed by atoms with Gasteiger partial charge >= 0.3 is 0 Å². The van der Waals surface area contributed by atoms with E-state index in [1.807, 2.05) is 0 Å². The second kappa shape index (κ2) is 5.32. The lowest BCUT2D eigenvalue weighted by molar-refractivity contribution is -0.384. The Morgan fingerprint density at radius 1 is 1.35 bits per heavy atom. The van der Waals surface area contributed by atoms with Crippen LogP contribution in [-0.2, 0) is 9.59 Å². The maximum absolute atomic E-state index is 12.2. The van der Waals surface area contributed by atoms with Gasteiger partial charge in [0, 0.05) is 17.8 Å². The molecule has 1 aromatic rings. The molecule has 1 aliphatic rings. The van der Waals surface area contributed by atoms with Crippen molar-refractivity contribution in [3.8, 4) is 0 Å². The van der Waals surface area contributed by atoms with Crippen molar-refractivity contribution in [2.75, 3.05) is 10.2 Å². The second-order valence-corrected chi connectivity index (χ2v) is 5.45. The predicted molar refractivity (Wildman–Crippen MR) is 77.0 cm³/mol. The summed E-state index contributed by atoms with van der Waals surface area (Å²) >= 11 is 3.18. The van der Waals surface area contributed by atoms with Crippen molar-refractivity contribution >= 4 is 39.1 Å². The van der Waals surface area contributed by atoms with Gasteiger partial charge < -0.3 is 0 Å². The molecular formula is C13H13BrN2O4. The molecule has 0 bridgehead atoms. The molecule has 106 valence electrons.